The number of rotatable bonds is 4. The molecular weight excluding hydrogens is 327 g/mol. The number of phenolic OH excluding ortho intramolecular Hbond substituents is 1. The van der Waals surface area contributed by atoms with E-state index in [9.17, 15) is 19.1 Å². The standard InChI is InChI=1S/C18H15FN2O4/c1-25-16-7-6-11(9-15(16)22)8-14-17(23)21(18(24)20-14)10-12-4-2-3-5-13(12)19/h2-9,22H,10H2,1H3,(H,20,24)/b14-8+. The number of hydrogen-bond donors (Lipinski definition) is 2. The lowest BCUT2D eigenvalue weighted by Crippen LogP contribution is -2.30. The molecule has 2 aromatic carbocycles. The number of nitrogens with zero attached hydrogens (tertiary/aromatic N) is 1. The van der Waals surface area contributed by atoms with Gasteiger partial charge in [0, 0.05) is 5.56 Å². The first kappa shape index (κ1) is 16.5. The highest BCUT2D eigenvalue weighted by Gasteiger charge is 2.33. The fourth-order valence-electron chi connectivity index (χ4n) is 2.48. The zero-order valence-corrected chi connectivity index (χ0v) is 13.3. The zero-order valence-electron chi connectivity index (χ0n) is 13.3. The predicted octanol–water partition coefficient (Wildman–Crippen LogP) is 2.63. The molecular formula is C18H15FN2O4. The van der Waals surface area contributed by atoms with Gasteiger partial charge in [0.1, 0.15) is 11.5 Å². The molecule has 1 aliphatic rings. The highest BCUT2D eigenvalue weighted by molar-refractivity contribution is 6.13. The average Bonchev–Trinajstić information content (AvgIpc) is 2.84. The smallest absolute Gasteiger partial charge is 0.329 e. The van der Waals surface area contributed by atoms with Crippen molar-refractivity contribution in [3.8, 4) is 11.5 Å². The molecule has 1 aliphatic heterocycles. The third-order valence-electron chi connectivity index (χ3n) is 3.76. The van der Waals surface area contributed by atoms with E-state index >= 15 is 0 Å². The van der Waals surface area contributed by atoms with Gasteiger partial charge in [-0.15, -0.1) is 0 Å². The quantitative estimate of drug-likeness (QED) is 0.661. The van der Waals surface area contributed by atoms with Crippen LogP contribution in [0, 0.1) is 5.82 Å². The van der Waals surface area contributed by atoms with E-state index in [1.807, 2.05) is 0 Å². The molecule has 0 aromatic heterocycles. The molecule has 0 saturated carbocycles. The largest absolute Gasteiger partial charge is 0.504 e. The van der Waals surface area contributed by atoms with Crippen LogP contribution in [0.4, 0.5) is 9.18 Å². The Morgan fingerprint density at radius 1 is 1.24 bits per heavy atom. The summed E-state index contributed by atoms with van der Waals surface area (Å²) in [7, 11) is 1.43. The van der Waals surface area contributed by atoms with Crippen molar-refractivity contribution in [1.29, 1.82) is 0 Å². The van der Waals surface area contributed by atoms with Gasteiger partial charge in [0.25, 0.3) is 5.91 Å². The Hall–Kier alpha value is -3.35. The van der Waals surface area contributed by atoms with E-state index < -0.39 is 17.8 Å². The monoisotopic (exact) mass is 342 g/mol. The summed E-state index contributed by atoms with van der Waals surface area (Å²) in [5, 5.41) is 12.2. The zero-order chi connectivity index (χ0) is 18.0. The van der Waals surface area contributed by atoms with Gasteiger partial charge in [0.15, 0.2) is 11.5 Å². The van der Waals surface area contributed by atoms with E-state index in [0.29, 0.717) is 11.3 Å². The Morgan fingerprint density at radius 2 is 2.00 bits per heavy atom. The Bertz CT molecular complexity index is 879. The summed E-state index contributed by atoms with van der Waals surface area (Å²) >= 11 is 0. The van der Waals surface area contributed by atoms with Gasteiger partial charge in [-0.2, -0.15) is 0 Å². The van der Waals surface area contributed by atoms with E-state index in [0.717, 1.165) is 4.90 Å². The van der Waals surface area contributed by atoms with Crippen LogP contribution >= 0.6 is 0 Å². The summed E-state index contributed by atoms with van der Waals surface area (Å²) in [6.45, 7) is -0.164. The number of urea groups is 1. The molecule has 6 nitrogen and oxygen atoms in total. The van der Waals surface area contributed by atoms with E-state index in [4.69, 9.17) is 4.74 Å². The first-order chi connectivity index (χ1) is 12.0. The number of ether oxygens (including phenoxy) is 1. The van der Waals surface area contributed by atoms with Crippen LogP contribution in [-0.4, -0.2) is 29.1 Å². The molecule has 1 saturated heterocycles. The summed E-state index contributed by atoms with van der Waals surface area (Å²) in [5.74, 6) is -0.842. The molecule has 0 bridgehead atoms. The van der Waals surface area contributed by atoms with Gasteiger partial charge in [-0.1, -0.05) is 24.3 Å². The van der Waals surface area contributed by atoms with Gasteiger partial charge >= 0.3 is 6.03 Å². The topological polar surface area (TPSA) is 78.9 Å². The Labute approximate surface area is 143 Å². The van der Waals surface area contributed by atoms with Crippen molar-refractivity contribution in [2.24, 2.45) is 0 Å². The van der Waals surface area contributed by atoms with Crippen molar-refractivity contribution < 1.29 is 23.8 Å². The fourth-order valence-corrected chi connectivity index (χ4v) is 2.48. The number of carbonyl (C=O) groups is 2. The first-order valence-electron chi connectivity index (χ1n) is 7.44. The lowest BCUT2D eigenvalue weighted by Gasteiger charge is -2.12. The molecule has 1 heterocycles. The van der Waals surface area contributed by atoms with E-state index in [2.05, 4.69) is 5.32 Å². The number of amides is 3. The van der Waals surface area contributed by atoms with Crippen molar-refractivity contribution in [1.82, 2.24) is 10.2 Å². The maximum atomic E-state index is 13.7. The molecule has 2 N–H and O–H groups in total. The minimum absolute atomic E-state index is 0.0471. The number of hydrogen-bond acceptors (Lipinski definition) is 4. The minimum Gasteiger partial charge on any atom is -0.504 e. The molecule has 3 rings (SSSR count). The van der Waals surface area contributed by atoms with Crippen LogP contribution in [0.3, 0.4) is 0 Å². The fraction of sp³-hybridized carbons (Fsp3) is 0.111. The molecule has 0 atom stereocenters. The number of imide groups is 1. The predicted molar refractivity (Wildman–Crippen MR) is 88.1 cm³/mol. The summed E-state index contributed by atoms with van der Waals surface area (Å²) in [6, 6.07) is 9.90. The molecule has 0 radical (unpaired) electrons. The van der Waals surface area contributed by atoms with Gasteiger partial charge < -0.3 is 15.2 Å². The van der Waals surface area contributed by atoms with Gasteiger partial charge in [-0.05, 0) is 29.8 Å². The Kier molecular flexibility index (Phi) is 4.38. The van der Waals surface area contributed by atoms with Crippen LogP contribution in [0.2, 0.25) is 0 Å². The molecule has 0 unspecified atom stereocenters. The molecule has 25 heavy (non-hydrogen) atoms. The highest BCUT2D eigenvalue weighted by atomic mass is 19.1. The molecule has 2 aromatic rings. The second-order valence-corrected chi connectivity index (χ2v) is 5.40. The summed E-state index contributed by atoms with van der Waals surface area (Å²) in [6.07, 6.45) is 1.43. The Morgan fingerprint density at radius 3 is 2.68 bits per heavy atom. The second-order valence-electron chi connectivity index (χ2n) is 5.40. The van der Waals surface area contributed by atoms with Gasteiger partial charge in [0.2, 0.25) is 0 Å². The molecule has 128 valence electrons. The second kappa shape index (κ2) is 6.64. The van der Waals surface area contributed by atoms with Crippen LogP contribution in [0.5, 0.6) is 11.5 Å². The SMILES string of the molecule is COc1ccc(/C=C2/NC(=O)N(Cc3ccccc3F)C2=O)cc1O. The number of nitrogens with one attached hydrogen (secondary N) is 1. The number of aromatic hydroxyl groups is 1. The van der Waals surface area contributed by atoms with E-state index in [-0.39, 0.29) is 23.6 Å². The maximum Gasteiger partial charge on any atom is 0.329 e. The van der Waals surface area contributed by atoms with E-state index in [1.165, 1.54) is 37.5 Å². The molecule has 3 amide bonds. The third kappa shape index (κ3) is 3.30. The first-order valence-corrected chi connectivity index (χ1v) is 7.44. The molecule has 1 fully saturated rings. The number of methoxy groups -OCH3 is 1. The van der Waals surface area contributed by atoms with Crippen molar-refractivity contribution in [3.63, 3.8) is 0 Å². The normalized spacial score (nSPS) is 15.6. The summed E-state index contributed by atoms with van der Waals surface area (Å²) in [4.78, 5) is 25.4. The number of carbonyl (C=O) groups excluding carboxylic acids is 2. The molecule has 0 aliphatic carbocycles. The highest BCUT2D eigenvalue weighted by Crippen LogP contribution is 2.27. The van der Waals surface area contributed by atoms with Crippen LogP contribution in [0.25, 0.3) is 6.08 Å². The minimum atomic E-state index is -0.628. The van der Waals surface area contributed by atoms with Gasteiger partial charge in [-0.25, -0.2) is 9.18 Å². The van der Waals surface area contributed by atoms with Crippen molar-refractivity contribution in [2.75, 3.05) is 7.11 Å². The number of benzene rings is 2. The molecule has 0 spiro atoms. The van der Waals surface area contributed by atoms with Crippen LogP contribution in [0.1, 0.15) is 11.1 Å². The maximum absolute atomic E-state index is 13.7. The van der Waals surface area contributed by atoms with Crippen molar-refractivity contribution >= 4 is 18.0 Å². The summed E-state index contributed by atoms with van der Waals surface area (Å²) in [5.41, 5.74) is 0.801. The van der Waals surface area contributed by atoms with Crippen LogP contribution in [0.15, 0.2) is 48.2 Å². The van der Waals surface area contributed by atoms with Crippen LogP contribution in [-0.2, 0) is 11.3 Å². The number of phenols is 1. The number of halogens is 1. The van der Waals surface area contributed by atoms with E-state index in [1.54, 1.807) is 18.2 Å². The third-order valence-corrected chi connectivity index (χ3v) is 3.76. The van der Waals surface area contributed by atoms with Crippen molar-refractivity contribution in [2.45, 2.75) is 6.54 Å². The Balaban J connectivity index is 1.83. The lowest BCUT2D eigenvalue weighted by atomic mass is 10.1. The lowest BCUT2D eigenvalue weighted by molar-refractivity contribution is -0.123. The van der Waals surface area contributed by atoms with Gasteiger partial charge in [0.05, 0.1) is 13.7 Å². The summed E-state index contributed by atoms with van der Waals surface area (Å²) < 4.78 is 18.7. The van der Waals surface area contributed by atoms with Crippen LogP contribution < -0.4 is 10.1 Å². The van der Waals surface area contributed by atoms with Crippen molar-refractivity contribution in [3.05, 3.63) is 65.1 Å². The molecule has 7 heteroatoms. The van der Waals surface area contributed by atoms with Gasteiger partial charge in [-0.3, -0.25) is 9.69 Å². The average molecular weight is 342 g/mol.